The largest absolute Gasteiger partial charge is 0.363 e. The van der Waals surface area contributed by atoms with Gasteiger partial charge >= 0.3 is 0 Å². The number of amides is 1. The molecule has 0 bridgehead atoms. The summed E-state index contributed by atoms with van der Waals surface area (Å²) < 4.78 is 0. The van der Waals surface area contributed by atoms with Gasteiger partial charge < -0.3 is 11.1 Å². The van der Waals surface area contributed by atoms with Crippen LogP contribution >= 0.6 is 0 Å². The lowest BCUT2D eigenvalue weighted by Gasteiger charge is -2.07. The van der Waals surface area contributed by atoms with Crippen LogP contribution in [0.25, 0.3) is 10.9 Å². The molecule has 3 rings (SSSR count). The second-order valence-corrected chi connectivity index (χ2v) is 4.34. The minimum Gasteiger partial charge on any atom is -0.363 e. The minimum atomic E-state index is -0.669. The van der Waals surface area contributed by atoms with Gasteiger partial charge in [-0.05, 0) is 19.1 Å². The summed E-state index contributed by atoms with van der Waals surface area (Å²) in [6.07, 6.45) is 0. The van der Waals surface area contributed by atoms with Gasteiger partial charge in [0.15, 0.2) is 5.82 Å². The molecule has 0 spiro atoms. The Hall–Kier alpha value is -2.96. The summed E-state index contributed by atoms with van der Waals surface area (Å²) >= 11 is 0. The molecular weight excluding hydrogens is 256 g/mol. The van der Waals surface area contributed by atoms with Crippen LogP contribution in [0.15, 0.2) is 30.3 Å². The van der Waals surface area contributed by atoms with Crippen LogP contribution in [0.2, 0.25) is 0 Å². The number of para-hydroxylation sites is 1. The third kappa shape index (κ3) is 2.16. The zero-order valence-corrected chi connectivity index (χ0v) is 10.7. The monoisotopic (exact) mass is 268 g/mol. The maximum atomic E-state index is 11.3. The molecule has 0 unspecified atom stereocenters. The number of primary amides is 1. The Morgan fingerprint density at radius 3 is 2.80 bits per heavy atom. The van der Waals surface area contributed by atoms with Crippen molar-refractivity contribution in [2.24, 2.45) is 5.73 Å². The third-order valence-corrected chi connectivity index (χ3v) is 2.78. The van der Waals surface area contributed by atoms with E-state index in [1.54, 1.807) is 6.07 Å². The van der Waals surface area contributed by atoms with E-state index in [9.17, 15) is 4.79 Å². The molecule has 0 saturated carbocycles. The standard InChI is InChI=1S/C13H12N6O/c1-7-6-10(19-18-7)16-12-8-4-2-3-5-9(8)15-13(17-12)11(14)20/h2-6H,1H3,(H2,14,20)(H2,15,16,17,18,19). The molecule has 100 valence electrons. The molecule has 0 saturated heterocycles. The Morgan fingerprint density at radius 1 is 1.30 bits per heavy atom. The molecule has 2 heterocycles. The van der Waals surface area contributed by atoms with Crippen molar-refractivity contribution < 1.29 is 4.79 Å². The summed E-state index contributed by atoms with van der Waals surface area (Å²) in [5, 5.41) is 10.8. The fourth-order valence-electron chi connectivity index (χ4n) is 1.89. The van der Waals surface area contributed by atoms with E-state index in [-0.39, 0.29) is 5.82 Å². The van der Waals surface area contributed by atoms with Gasteiger partial charge in [-0.3, -0.25) is 9.89 Å². The Bertz CT molecular complexity index is 794. The van der Waals surface area contributed by atoms with Crippen LogP contribution in [0.3, 0.4) is 0 Å². The lowest BCUT2D eigenvalue weighted by Crippen LogP contribution is -2.16. The molecule has 0 atom stereocenters. The Kier molecular flexibility index (Phi) is 2.79. The average molecular weight is 268 g/mol. The molecule has 0 fully saturated rings. The van der Waals surface area contributed by atoms with Crippen molar-refractivity contribution >= 4 is 28.4 Å². The van der Waals surface area contributed by atoms with Crippen molar-refractivity contribution in [3.8, 4) is 0 Å². The van der Waals surface area contributed by atoms with E-state index in [0.717, 1.165) is 11.1 Å². The molecule has 1 amide bonds. The maximum absolute atomic E-state index is 11.3. The topological polar surface area (TPSA) is 110 Å². The van der Waals surface area contributed by atoms with Gasteiger partial charge in [-0.15, -0.1) is 0 Å². The number of hydrogen-bond donors (Lipinski definition) is 3. The summed E-state index contributed by atoms with van der Waals surface area (Å²) in [7, 11) is 0. The first-order valence-corrected chi connectivity index (χ1v) is 5.99. The Balaban J connectivity index is 2.14. The number of fused-ring (bicyclic) bond motifs is 1. The van der Waals surface area contributed by atoms with Crippen LogP contribution in [-0.4, -0.2) is 26.1 Å². The molecule has 7 heteroatoms. The number of nitrogens with two attached hydrogens (primary N) is 1. The highest BCUT2D eigenvalue weighted by Gasteiger charge is 2.12. The smallest absolute Gasteiger partial charge is 0.286 e. The van der Waals surface area contributed by atoms with Crippen molar-refractivity contribution in [1.29, 1.82) is 0 Å². The number of H-pyrrole nitrogens is 1. The van der Waals surface area contributed by atoms with Crippen molar-refractivity contribution in [2.75, 3.05) is 5.32 Å². The third-order valence-electron chi connectivity index (χ3n) is 2.78. The van der Waals surface area contributed by atoms with Crippen molar-refractivity contribution in [1.82, 2.24) is 20.2 Å². The molecule has 0 aliphatic carbocycles. The second kappa shape index (κ2) is 4.61. The van der Waals surface area contributed by atoms with E-state index in [1.165, 1.54) is 0 Å². The van der Waals surface area contributed by atoms with E-state index in [1.807, 2.05) is 31.2 Å². The van der Waals surface area contributed by atoms with Crippen LogP contribution in [0.4, 0.5) is 11.6 Å². The number of rotatable bonds is 3. The zero-order chi connectivity index (χ0) is 14.1. The van der Waals surface area contributed by atoms with Gasteiger partial charge in [-0.25, -0.2) is 9.97 Å². The molecule has 3 aromatic rings. The van der Waals surface area contributed by atoms with Crippen LogP contribution in [0, 0.1) is 6.92 Å². The summed E-state index contributed by atoms with van der Waals surface area (Å²) in [5.74, 6) is 0.410. The normalized spacial score (nSPS) is 10.7. The molecule has 20 heavy (non-hydrogen) atoms. The number of aryl methyl sites for hydroxylation is 1. The predicted molar refractivity (Wildman–Crippen MR) is 74.7 cm³/mol. The van der Waals surface area contributed by atoms with Gasteiger partial charge in [-0.2, -0.15) is 5.10 Å². The number of hydrogen-bond acceptors (Lipinski definition) is 5. The number of benzene rings is 1. The molecule has 1 aromatic carbocycles. The number of aromatic amines is 1. The molecular formula is C13H12N6O. The number of anilines is 2. The highest BCUT2D eigenvalue weighted by Crippen LogP contribution is 2.23. The first-order valence-electron chi connectivity index (χ1n) is 5.99. The Labute approximate surface area is 114 Å². The van der Waals surface area contributed by atoms with E-state index >= 15 is 0 Å². The van der Waals surface area contributed by atoms with E-state index in [4.69, 9.17) is 5.73 Å². The number of aromatic nitrogens is 4. The molecule has 4 N–H and O–H groups in total. The number of carbonyl (C=O) groups excluding carboxylic acids is 1. The van der Waals surface area contributed by atoms with Gasteiger partial charge in [0.1, 0.15) is 5.82 Å². The molecule has 2 aromatic heterocycles. The summed E-state index contributed by atoms with van der Waals surface area (Å²) in [6, 6.07) is 9.20. The SMILES string of the molecule is Cc1cc(Nc2nc(C(N)=O)nc3ccccc23)n[nH]1. The first kappa shape index (κ1) is 12.1. The molecule has 0 aliphatic heterocycles. The van der Waals surface area contributed by atoms with E-state index in [0.29, 0.717) is 17.2 Å². The lowest BCUT2D eigenvalue weighted by atomic mass is 10.2. The van der Waals surface area contributed by atoms with Crippen molar-refractivity contribution in [3.63, 3.8) is 0 Å². The van der Waals surface area contributed by atoms with E-state index in [2.05, 4.69) is 25.5 Å². The maximum Gasteiger partial charge on any atom is 0.286 e. The highest BCUT2D eigenvalue weighted by atomic mass is 16.1. The van der Waals surface area contributed by atoms with Gasteiger partial charge in [-0.1, -0.05) is 12.1 Å². The van der Waals surface area contributed by atoms with Crippen LogP contribution in [-0.2, 0) is 0 Å². The predicted octanol–water partition coefficient (Wildman–Crippen LogP) is 1.50. The van der Waals surface area contributed by atoms with Crippen molar-refractivity contribution in [3.05, 3.63) is 41.9 Å². The van der Waals surface area contributed by atoms with Gasteiger partial charge in [0, 0.05) is 17.1 Å². The van der Waals surface area contributed by atoms with Gasteiger partial charge in [0.05, 0.1) is 5.52 Å². The van der Waals surface area contributed by atoms with E-state index < -0.39 is 5.91 Å². The summed E-state index contributed by atoms with van der Waals surface area (Å²) in [5.41, 5.74) is 6.82. The summed E-state index contributed by atoms with van der Waals surface area (Å²) in [6.45, 7) is 1.89. The Morgan fingerprint density at radius 2 is 2.10 bits per heavy atom. The minimum absolute atomic E-state index is 0.0292. The van der Waals surface area contributed by atoms with Crippen molar-refractivity contribution in [2.45, 2.75) is 6.92 Å². The first-order chi connectivity index (χ1) is 9.63. The molecule has 7 nitrogen and oxygen atoms in total. The average Bonchev–Trinajstić information content (AvgIpc) is 2.84. The number of nitrogens with zero attached hydrogens (tertiary/aromatic N) is 3. The van der Waals surface area contributed by atoms with Gasteiger partial charge in [0.2, 0.25) is 5.82 Å². The van der Waals surface area contributed by atoms with Crippen LogP contribution < -0.4 is 11.1 Å². The van der Waals surface area contributed by atoms with Crippen LogP contribution in [0.5, 0.6) is 0 Å². The second-order valence-electron chi connectivity index (χ2n) is 4.34. The summed E-state index contributed by atoms with van der Waals surface area (Å²) in [4.78, 5) is 19.6. The van der Waals surface area contributed by atoms with Gasteiger partial charge in [0.25, 0.3) is 5.91 Å². The quantitative estimate of drug-likeness (QED) is 0.667. The number of carbonyl (C=O) groups is 1. The fraction of sp³-hybridized carbons (Fsp3) is 0.0769. The number of nitrogens with one attached hydrogen (secondary N) is 2. The highest BCUT2D eigenvalue weighted by molar-refractivity contribution is 5.96. The van der Waals surface area contributed by atoms with Crippen LogP contribution in [0.1, 0.15) is 16.3 Å². The fourth-order valence-corrected chi connectivity index (χ4v) is 1.89. The molecule has 0 aliphatic rings. The zero-order valence-electron chi connectivity index (χ0n) is 10.7. The molecule has 0 radical (unpaired) electrons. The lowest BCUT2D eigenvalue weighted by molar-refractivity contribution is 0.0991.